The summed E-state index contributed by atoms with van der Waals surface area (Å²) >= 11 is 0. The Kier molecular flexibility index (Phi) is 4.70. The number of nitrogens with zero attached hydrogens (tertiary/aromatic N) is 1. The van der Waals surface area contributed by atoms with Crippen LogP contribution in [0, 0.1) is 11.6 Å². The van der Waals surface area contributed by atoms with Crippen LogP contribution in [0.5, 0.6) is 0 Å². The topological polar surface area (TPSA) is 46.3 Å². The van der Waals surface area contributed by atoms with Gasteiger partial charge in [0, 0.05) is 18.2 Å². The number of carbonyl (C=O) groups excluding carboxylic acids is 1. The Morgan fingerprint density at radius 3 is 2.60 bits per heavy atom. The molecule has 2 rings (SSSR count). The van der Waals surface area contributed by atoms with Crippen molar-refractivity contribution < 1.29 is 13.6 Å². The molecular weight excluding hydrogens is 262 g/mol. The molecular formula is C15H20F2N2O. The standard InChI is InChI=1S/C15H20F2N2O/c1-2-3-4-5-6-7-19-12-9-10(16)8-11(17)13(12)14(18)15(19)20/h8-9,14H,2-7,18H2,1H3. The molecule has 1 aliphatic rings. The smallest absolute Gasteiger partial charge is 0.248 e. The van der Waals surface area contributed by atoms with E-state index in [1.165, 1.54) is 11.0 Å². The van der Waals surface area contributed by atoms with Crippen molar-refractivity contribution in [2.24, 2.45) is 5.73 Å². The summed E-state index contributed by atoms with van der Waals surface area (Å²) in [6, 6.07) is 0.951. The molecule has 0 saturated heterocycles. The van der Waals surface area contributed by atoms with Crippen molar-refractivity contribution >= 4 is 11.6 Å². The minimum absolute atomic E-state index is 0.116. The van der Waals surface area contributed by atoms with Gasteiger partial charge in [-0.25, -0.2) is 8.78 Å². The van der Waals surface area contributed by atoms with E-state index in [9.17, 15) is 13.6 Å². The molecule has 20 heavy (non-hydrogen) atoms. The summed E-state index contributed by atoms with van der Waals surface area (Å²) in [5.74, 6) is -1.77. The number of fused-ring (bicyclic) bond motifs is 1. The van der Waals surface area contributed by atoms with Gasteiger partial charge in [-0.3, -0.25) is 4.79 Å². The maximum atomic E-state index is 13.7. The third kappa shape index (κ3) is 2.82. The minimum atomic E-state index is -1.01. The third-order valence-corrected chi connectivity index (χ3v) is 3.69. The molecule has 110 valence electrons. The lowest BCUT2D eigenvalue weighted by Crippen LogP contribution is -2.32. The fourth-order valence-electron chi connectivity index (χ4n) is 2.62. The maximum absolute atomic E-state index is 13.7. The zero-order chi connectivity index (χ0) is 14.7. The van der Waals surface area contributed by atoms with Crippen molar-refractivity contribution in [2.45, 2.75) is 45.1 Å². The number of benzene rings is 1. The van der Waals surface area contributed by atoms with Gasteiger partial charge in [0.15, 0.2) is 0 Å². The van der Waals surface area contributed by atoms with Crippen molar-refractivity contribution in [1.82, 2.24) is 0 Å². The molecule has 1 aliphatic heterocycles. The minimum Gasteiger partial charge on any atom is -0.316 e. The van der Waals surface area contributed by atoms with Gasteiger partial charge in [-0.2, -0.15) is 0 Å². The summed E-state index contributed by atoms with van der Waals surface area (Å²) in [4.78, 5) is 13.5. The van der Waals surface area contributed by atoms with Gasteiger partial charge in [-0.15, -0.1) is 0 Å². The fourth-order valence-corrected chi connectivity index (χ4v) is 2.62. The van der Waals surface area contributed by atoms with Crippen molar-refractivity contribution in [1.29, 1.82) is 0 Å². The van der Waals surface area contributed by atoms with E-state index in [4.69, 9.17) is 5.73 Å². The molecule has 3 nitrogen and oxygen atoms in total. The normalized spacial score (nSPS) is 17.7. The Labute approximate surface area is 117 Å². The third-order valence-electron chi connectivity index (χ3n) is 3.69. The summed E-state index contributed by atoms with van der Waals surface area (Å²) in [6.45, 7) is 2.59. The van der Waals surface area contributed by atoms with Crippen LogP contribution >= 0.6 is 0 Å². The van der Waals surface area contributed by atoms with E-state index in [0.717, 1.165) is 38.2 Å². The maximum Gasteiger partial charge on any atom is 0.248 e. The fraction of sp³-hybridized carbons (Fsp3) is 0.533. The Bertz CT molecular complexity index is 505. The lowest BCUT2D eigenvalue weighted by Gasteiger charge is -2.17. The van der Waals surface area contributed by atoms with E-state index in [1.54, 1.807) is 0 Å². The van der Waals surface area contributed by atoms with Gasteiger partial charge >= 0.3 is 0 Å². The predicted octanol–water partition coefficient (Wildman–Crippen LogP) is 3.28. The van der Waals surface area contributed by atoms with Crippen LogP contribution in [0.2, 0.25) is 0 Å². The molecule has 1 aromatic rings. The Morgan fingerprint density at radius 1 is 1.20 bits per heavy atom. The highest BCUT2D eigenvalue weighted by atomic mass is 19.1. The molecule has 0 saturated carbocycles. The van der Waals surface area contributed by atoms with Gasteiger partial charge in [-0.05, 0) is 12.5 Å². The van der Waals surface area contributed by atoms with Crippen LogP contribution in [0.25, 0.3) is 0 Å². The average Bonchev–Trinajstić information content (AvgIpc) is 2.63. The molecule has 1 heterocycles. The van der Waals surface area contributed by atoms with Crippen LogP contribution in [0.3, 0.4) is 0 Å². The molecule has 1 unspecified atom stereocenters. The number of amides is 1. The number of hydrogen-bond donors (Lipinski definition) is 1. The number of halogens is 2. The molecule has 1 amide bonds. The van der Waals surface area contributed by atoms with Crippen LogP contribution in [0.1, 0.15) is 50.6 Å². The van der Waals surface area contributed by atoms with E-state index in [1.807, 2.05) is 0 Å². The molecule has 5 heteroatoms. The molecule has 2 N–H and O–H groups in total. The molecule has 1 atom stereocenters. The summed E-state index contributed by atoms with van der Waals surface area (Å²) in [6.07, 6.45) is 5.23. The number of carbonyl (C=O) groups is 1. The highest BCUT2D eigenvalue weighted by Crippen LogP contribution is 2.37. The quantitative estimate of drug-likeness (QED) is 0.814. The molecule has 0 spiro atoms. The first kappa shape index (κ1) is 14.9. The Morgan fingerprint density at radius 2 is 1.90 bits per heavy atom. The first-order valence-electron chi connectivity index (χ1n) is 7.12. The van der Waals surface area contributed by atoms with Crippen LogP contribution in [-0.4, -0.2) is 12.5 Å². The van der Waals surface area contributed by atoms with Gasteiger partial charge in [0.1, 0.15) is 17.7 Å². The molecule has 0 aromatic heterocycles. The lowest BCUT2D eigenvalue weighted by atomic mass is 10.1. The monoisotopic (exact) mass is 282 g/mol. The van der Waals surface area contributed by atoms with Crippen molar-refractivity contribution in [3.63, 3.8) is 0 Å². The number of nitrogens with two attached hydrogens (primary N) is 1. The summed E-state index contributed by atoms with van der Waals surface area (Å²) < 4.78 is 27.1. The number of anilines is 1. The number of hydrogen-bond acceptors (Lipinski definition) is 2. The second-order valence-corrected chi connectivity index (χ2v) is 5.20. The Hall–Kier alpha value is -1.49. The zero-order valence-electron chi connectivity index (χ0n) is 11.7. The van der Waals surface area contributed by atoms with E-state index in [0.29, 0.717) is 6.54 Å². The van der Waals surface area contributed by atoms with Crippen LogP contribution in [-0.2, 0) is 4.79 Å². The zero-order valence-corrected chi connectivity index (χ0v) is 11.7. The SMILES string of the molecule is CCCCCCCN1C(=O)C(N)c2c(F)cc(F)cc21. The number of unbranched alkanes of at least 4 members (excludes halogenated alkanes) is 4. The second kappa shape index (κ2) is 6.31. The van der Waals surface area contributed by atoms with E-state index < -0.39 is 17.7 Å². The van der Waals surface area contributed by atoms with Crippen LogP contribution in [0.15, 0.2) is 12.1 Å². The highest BCUT2D eigenvalue weighted by Gasteiger charge is 2.37. The molecule has 0 fully saturated rings. The first-order valence-corrected chi connectivity index (χ1v) is 7.12. The van der Waals surface area contributed by atoms with Crippen molar-refractivity contribution in [3.05, 3.63) is 29.3 Å². The van der Waals surface area contributed by atoms with Gasteiger partial charge in [0.2, 0.25) is 5.91 Å². The molecule has 0 bridgehead atoms. The molecule has 0 aliphatic carbocycles. The van der Waals surface area contributed by atoms with Crippen LogP contribution in [0.4, 0.5) is 14.5 Å². The largest absolute Gasteiger partial charge is 0.316 e. The van der Waals surface area contributed by atoms with Crippen molar-refractivity contribution in [3.8, 4) is 0 Å². The van der Waals surface area contributed by atoms with Crippen molar-refractivity contribution in [2.75, 3.05) is 11.4 Å². The molecule has 0 radical (unpaired) electrons. The predicted molar refractivity (Wildman–Crippen MR) is 74.4 cm³/mol. The first-order chi connectivity index (χ1) is 9.56. The van der Waals surface area contributed by atoms with Gasteiger partial charge in [0.25, 0.3) is 0 Å². The van der Waals surface area contributed by atoms with Gasteiger partial charge in [-0.1, -0.05) is 32.6 Å². The highest BCUT2D eigenvalue weighted by molar-refractivity contribution is 6.04. The number of rotatable bonds is 6. The average molecular weight is 282 g/mol. The van der Waals surface area contributed by atoms with E-state index in [-0.39, 0.29) is 17.2 Å². The van der Waals surface area contributed by atoms with Gasteiger partial charge in [0.05, 0.1) is 5.69 Å². The van der Waals surface area contributed by atoms with Crippen LogP contribution < -0.4 is 10.6 Å². The summed E-state index contributed by atoms with van der Waals surface area (Å²) in [5, 5.41) is 0. The summed E-state index contributed by atoms with van der Waals surface area (Å²) in [7, 11) is 0. The van der Waals surface area contributed by atoms with E-state index in [2.05, 4.69) is 6.92 Å². The van der Waals surface area contributed by atoms with Gasteiger partial charge < -0.3 is 10.6 Å². The Balaban J connectivity index is 2.10. The lowest BCUT2D eigenvalue weighted by molar-refractivity contribution is -0.119. The second-order valence-electron chi connectivity index (χ2n) is 5.20. The molecule has 1 aromatic carbocycles. The summed E-state index contributed by atoms with van der Waals surface area (Å²) in [5.41, 5.74) is 6.13. The van der Waals surface area contributed by atoms with E-state index >= 15 is 0 Å².